The second-order valence-electron chi connectivity index (χ2n) is 5.50. The van der Waals surface area contributed by atoms with Crippen molar-refractivity contribution in [2.45, 2.75) is 32.3 Å². The molecule has 2 atom stereocenters. The van der Waals surface area contributed by atoms with E-state index in [0.29, 0.717) is 12.5 Å². The Morgan fingerprint density at radius 1 is 1.25 bits per heavy atom. The monoisotopic (exact) mass is 279 g/mol. The van der Waals surface area contributed by atoms with Crippen molar-refractivity contribution >= 4 is 6.09 Å². The van der Waals surface area contributed by atoms with E-state index in [-0.39, 0.29) is 19.2 Å². The molecule has 1 aliphatic rings. The first kappa shape index (κ1) is 14.8. The van der Waals surface area contributed by atoms with E-state index in [9.17, 15) is 9.18 Å². The maximum absolute atomic E-state index is 12.6. The van der Waals surface area contributed by atoms with E-state index in [4.69, 9.17) is 4.74 Å². The van der Waals surface area contributed by atoms with Gasteiger partial charge in [0.1, 0.15) is 6.61 Å². The Bertz CT molecular complexity index is 410. The average Bonchev–Trinajstić information content (AvgIpc) is 2.52. The number of hydrogen-bond acceptors (Lipinski definition) is 2. The van der Waals surface area contributed by atoms with Gasteiger partial charge in [0, 0.05) is 6.54 Å². The summed E-state index contributed by atoms with van der Waals surface area (Å²) in [5.41, 5.74) is 0.970. The van der Waals surface area contributed by atoms with Crippen LogP contribution in [0, 0.1) is 11.8 Å². The molecule has 1 aromatic carbocycles. The minimum Gasteiger partial charge on any atom is -0.445 e. The largest absolute Gasteiger partial charge is 0.445 e. The van der Waals surface area contributed by atoms with Crippen LogP contribution in [0.1, 0.15) is 31.2 Å². The van der Waals surface area contributed by atoms with Crippen LogP contribution in [-0.2, 0) is 11.3 Å². The highest BCUT2D eigenvalue weighted by molar-refractivity contribution is 5.67. The molecule has 2 rings (SSSR count). The van der Waals surface area contributed by atoms with Crippen molar-refractivity contribution < 1.29 is 13.9 Å². The molecule has 0 heterocycles. The van der Waals surface area contributed by atoms with E-state index in [1.807, 2.05) is 30.3 Å². The highest BCUT2D eigenvalue weighted by Gasteiger charge is 2.22. The summed E-state index contributed by atoms with van der Waals surface area (Å²) < 4.78 is 17.8. The van der Waals surface area contributed by atoms with Crippen molar-refractivity contribution in [1.29, 1.82) is 0 Å². The molecule has 0 spiro atoms. The highest BCUT2D eigenvalue weighted by atomic mass is 19.1. The summed E-state index contributed by atoms with van der Waals surface area (Å²) in [6.45, 7) is 0.628. The predicted octanol–water partition coefficient (Wildman–Crippen LogP) is 3.69. The summed E-state index contributed by atoms with van der Waals surface area (Å²) in [6.07, 6.45) is 3.58. The van der Waals surface area contributed by atoms with Crippen LogP contribution in [0.5, 0.6) is 0 Å². The molecule has 1 N–H and O–H groups in total. The molecule has 3 nitrogen and oxygen atoms in total. The van der Waals surface area contributed by atoms with Crippen LogP contribution < -0.4 is 5.32 Å². The molecule has 1 saturated carbocycles. The Kier molecular flexibility index (Phi) is 5.84. The maximum Gasteiger partial charge on any atom is 0.407 e. The van der Waals surface area contributed by atoms with Gasteiger partial charge in [-0.05, 0) is 36.7 Å². The number of halogens is 1. The fourth-order valence-corrected chi connectivity index (χ4v) is 2.73. The zero-order valence-electron chi connectivity index (χ0n) is 11.7. The molecular formula is C16H22FNO2. The molecule has 0 unspecified atom stereocenters. The number of rotatable bonds is 5. The van der Waals surface area contributed by atoms with Crippen LogP contribution in [0.2, 0.25) is 0 Å². The molecule has 1 fully saturated rings. The van der Waals surface area contributed by atoms with E-state index in [1.54, 1.807) is 0 Å². The number of alkyl halides is 1. The SMILES string of the molecule is O=C(NC[C@H]1CCC[C@@H](CF)C1)OCc1ccccc1. The van der Waals surface area contributed by atoms with Crippen LogP contribution in [0.4, 0.5) is 9.18 Å². The van der Waals surface area contributed by atoms with Crippen LogP contribution in [0.25, 0.3) is 0 Å². The van der Waals surface area contributed by atoms with Crippen molar-refractivity contribution in [1.82, 2.24) is 5.32 Å². The highest BCUT2D eigenvalue weighted by Crippen LogP contribution is 2.28. The third-order valence-electron chi connectivity index (χ3n) is 3.86. The first-order valence-electron chi connectivity index (χ1n) is 7.28. The lowest BCUT2D eigenvalue weighted by Gasteiger charge is -2.27. The molecule has 0 aromatic heterocycles. The number of alkyl carbamates (subject to hydrolysis) is 1. The predicted molar refractivity (Wildman–Crippen MR) is 76.1 cm³/mol. The number of benzene rings is 1. The van der Waals surface area contributed by atoms with Crippen molar-refractivity contribution in [3.05, 3.63) is 35.9 Å². The van der Waals surface area contributed by atoms with Gasteiger partial charge >= 0.3 is 6.09 Å². The molecule has 0 radical (unpaired) electrons. The number of amides is 1. The summed E-state index contributed by atoms with van der Waals surface area (Å²) >= 11 is 0. The fraction of sp³-hybridized carbons (Fsp3) is 0.562. The summed E-state index contributed by atoms with van der Waals surface area (Å²) in [5, 5.41) is 2.78. The van der Waals surface area contributed by atoms with Gasteiger partial charge in [0.05, 0.1) is 6.67 Å². The van der Waals surface area contributed by atoms with Gasteiger partial charge in [-0.15, -0.1) is 0 Å². The van der Waals surface area contributed by atoms with Crippen molar-refractivity contribution in [3.63, 3.8) is 0 Å². The van der Waals surface area contributed by atoms with Gasteiger partial charge in [0.2, 0.25) is 0 Å². The molecule has 0 aliphatic heterocycles. The van der Waals surface area contributed by atoms with Crippen molar-refractivity contribution in [2.75, 3.05) is 13.2 Å². The smallest absolute Gasteiger partial charge is 0.407 e. The third-order valence-corrected chi connectivity index (χ3v) is 3.86. The van der Waals surface area contributed by atoms with Crippen LogP contribution in [-0.4, -0.2) is 19.3 Å². The van der Waals surface area contributed by atoms with Gasteiger partial charge in [-0.3, -0.25) is 4.39 Å². The van der Waals surface area contributed by atoms with Crippen LogP contribution in [0.15, 0.2) is 30.3 Å². The lowest BCUT2D eigenvalue weighted by Crippen LogP contribution is -2.32. The summed E-state index contributed by atoms with van der Waals surface area (Å²) in [4.78, 5) is 11.6. The third kappa shape index (κ3) is 4.83. The second-order valence-corrected chi connectivity index (χ2v) is 5.50. The number of ether oxygens (including phenoxy) is 1. The van der Waals surface area contributed by atoms with E-state index in [1.165, 1.54) is 0 Å². The molecular weight excluding hydrogens is 257 g/mol. The Morgan fingerprint density at radius 2 is 2.00 bits per heavy atom. The Hall–Kier alpha value is -1.58. The fourth-order valence-electron chi connectivity index (χ4n) is 2.73. The van der Waals surface area contributed by atoms with Gasteiger partial charge in [-0.2, -0.15) is 0 Å². The number of hydrogen-bond donors (Lipinski definition) is 1. The minimum atomic E-state index is -0.392. The Morgan fingerprint density at radius 3 is 2.75 bits per heavy atom. The summed E-state index contributed by atoms with van der Waals surface area (Å²) in [7, 11) is 0. The van der Waals surface area contributed by atoms with Crippen LogP contribution >= 0.6 is 0 Å². The van der Waals surface area contributed by atoms with E-state index < -0.39 is 6.09 Å². The molecule has 0 bridgehead atoms. The molecule has 1 aliphatic carbocycles. The number of nitrogens with one attached hydrogen (secondary N) is 1. The molecule has 4 heteroatoms. The second kappa shape index (κ2) is 7.88. The maximum atomic E-state index is 12.6. The van der Waals surface area contributed by atoms with Crippen LogP contribution in [0.3, 0.4) is 0 Å². The quantitative estimate of drug-likeness (QED) is 0.892. The lowest BCUT2D eigenvalue weighted by atomic mass is 9.82. The van der Waals surface area contributed by atoms with E-state index in [2.05, 4.69) is 5.32 Å². The van der Waals surface area contributed by atoms with Crippen molar-refractivity contribution in [2.24, 2.45) is 11.8 Å². The molecule has 110 valence electrons. The minimum absolute atomic E-state index is 0.177. The zero-order valence-corrected chi connectivity index (χ0v) is 11.7. The Labute approximate surface area is 119 Å². The zero-order chi connectivity index (χ0) is 14.2. The van der Waals surface area contributed by atoms with Gasteiger partial charge in [-0.1, -0.05) is 36.8 Å². The summed E-state index contributed by atoms with van der Waals surface area (Å²) in [6, 6.07) is 9.58. The van der Waals surface area contributed by atoms with Gasteiger partial charge in [-0.25, -0.2) is 4.79 Å². The van der Waals surface area contributed by atoms with Gasteiger partial charge < -0.3 is 10.1 Å². The van der Waals surface area contributed by atoms with Gasteiger partial charge in [0.15, 0.2) is 0 Å². The lowest BCUT2D eigenvalue weighted by molar-refractivity contribution is 0.134. The first-order valence-corrected chi connectivity index (χ1v) is 7.28. The molecule has 1 amide bonds. The summed E-state index contributed by atoms with van der Waals surface area (Å²) in [5.74, 6) is 0.560. The first-order chi connectivity index (χ1) is 9.78. The normalized spacial score (nSPS) is 22.2. The standard InChI is InChI=1S/C16H22FNO2/c17-10-14-7-4-8-15(9-14)11-18-16(19)20-12-13-5-2-1-3-6-13/h1-3,5-6,14-15H,4,7-12H2,(H,18,19)/t14-,15+/m1/s1. The van der Waals surface area contributed by atoms with E-state index >= 15 is 0 Å². The number of carbonyl (C=O) groups is 1. The molecule has 20 heavy (non-hydrogen) atoms. The van der Waals surface area contributed by atoms with Gasteiger partial charge in [0.25, 0.3) is 0 Å². The Balaban J connectivity index is 1.65. The van der Waals surface area contributed by atoms with E-state index in [0.717, 1.165) is 31.2 Å². The molecule has 1 aromatic rings. The number of carbonyl (C=O) groups excluding carboxylic acids is 1. The topological polar surface area (TPSA) is 38.3 Å². The molecule has 0 saturated heterocycles. The van der Waals surface area contributed by atoms with Crippen molar-refractivity contribution in [3.8, 4) is 0 Å². The average molecular weight is 279 g/mol.